The molecule has 0 radical (unpaired) electrons. The Balaban J connectivity index is 2.53. The van der Waals surface area contributed by atoms with E-state index in [0.29, 0.717) is 11.8 Å². The van der Waals surface area contributed by atoms with Gasteiger partial charge < -0.3 is 5.32 Å². The largest absolute Gasteiger partial charge is 0.352 e. The van der Waals surface area contributed by atoms with Crippen molar-refractivity contribution in [2.75, 3.05) is 6.54 Å². The van der Waals surface area contributed by atoms with Gasteiger partial charge in [-0.1, -0.05) is 19.9 Å². The molecule has 0 fully saturated rings. The Morgan fingerprint density at radius 3 is 2.80 bits per heavy atom. The van der Waals surface area contributed by atoms with Gasteiger partial charge in [0.25, 0.3) is 0 Å². The van der Waals surface area contributed by atoms with Gasteiger partial charge in [0.15, 0.2) is 0 Å². The number of hydrogen-bond donors (Lipinski definition) is 1. The van der Waals surface area contributed by atoms with Crippen molar-refractivity contribution in [3.05, 3.63) is 12.2 Å². The highest BCUT2D eigenvalue weighted by Crippen LogP contribution is 2.13. The van der Waals surface area contributed by atoms with Gasteiger partial charge in [-0.15, -0.1) is 0 Å². The summed E-state index contributed by atoms with van der Waals surface area (Å²) in [5, 5.41) is 2.79. The standard InChI is InChI=1S/C8H13NO/c1-6(2)7-3-4-8(10)9-5-7/h3-4,6-7H,5H2,1-2H3,(H,9,10). The number of carbonyl (C=O) groups is 1. The molecule has 0 aliphatic carbocycles. The van der Waals surface area contributed by atoms with Crippen LogP contribution in [-0.2, 0) is 4.79 Å². The van der Waals surface area contributed by atoms with Crippen molar-refractivity contribution in [2.24, 2.45) is 11.8 Å². The van der Waals surface area contributed by atoms with E-state index in [1.165, 1.54) is 0 Å². The minimum Gasteiger partial charge on any atom is -0.352 e. The average Bonchev–Trinajstić information content (AvgIpc) is 1.88. The van der Waals surface area contributed by atoms with Crippen molar-refractivity contribution in [1.82, 2.24) is 5.32 Å². The third-order valence-corrected chi connectivity index (χ3v) is 1.86. The molecule has 0 aromatic carbocycles. The fourth-order valence-electron chi connectivity index (χ4n) is 1.01. The Morgan fingerprint density at radius 1 is 1.70 bits per heavy atom. The van der Waals surface area contributed by atoms with Crippen LogP contribution >= 0.6 is 0 Å². The van der Waals surface area contributed by atoms with E-state index in [2.05, 4.69) is 19.2 Å². The van der Waals surface area contributed by atoms with Gasteiger partial charge in [0.1, 0.15) is 0 Å². The molecule has 10 heavy (non-hydrogen) atoms. The van der Waals surface area contributed by atoms with Crippen LogP contribution in [0.25, 0.3) is 0 Å². The van der Waals surface area contributed by atoms with E-state index >= 15 is 0 Å². The lowest BCUT2D eigenvalue weighted by atomic mass is 9.94. The highest BCUT2D eigenvalue weighted by molar-refractivity contribution is 5.88. The molecule has 56 valence electrons. The zero-order valence-electron chi connectivity index (χ0n) is 6.42. The summed E-state index contributed by atoms with van der Waals surface area (Å²) >= 11 is 0. The van der Waals surface area contributed by atoms with Crippen LogP contribution in [0.4, 0.5) is 0 Å². The van der Waals surface area contributed by atoms with Gasteiger partial charge in [-0.2, -0.15) is 0 Å². The van der Waals surface area contributed by atoms with Crippen molar-refractivity contribution in [3.63, 3.8) is 0 Å². The Bertz CT molecular complexity index is 161. The topological polar surface area (TPSA) is 29.1 Å². The van der Waals surface area contributed by atoms with Crippen LogP contribution in [0.15, 0.2) is 12.2 Å². The van der Waals surface area contributed by atoms with E-state index in [0.717, 1.165) is 6.54 Å². The summed E-state index contributed by atoms with van der Waals surface area (Å²) in [6.45, 7) is 5.12. The van der Waals surface area contributed by atoms with Gasteiger partial charge in [-0.3, -0.25) is 4.79 Å². The van der Waals surface area contributed by atoms with Crippen LogP contribution in [0.3, 0.4) is 0 Å². The molecule has 1 atom stereocenters. The second-order valence-electron chi connectivity index (χ2n) is 3.01. The molecule has 1 amide bonds. The van der Waals surface area contributed by atoms with Crippen molar-refractivity contribution in [2.45, 2.75) is 13.8 Å². The summed E-state index contributed by atoms with van der Waals surface area (Å²) in [6.07, 6.45) is 3.61. The number of nitrogens with one attached hydrogen (secondary N) is 1. The maximum atomic E-state index is 10.6. The fourth-order valence-corrected chi connectivity index (χ4v) is 1.01. The van der Waals surface area contributed by atoms with Gasteiger partial charge in [0.05, 0.1) is 0 Å². The molecule has 2 nitrogen and oxygen atoms in total. The predicted molar refractivity (Wildman–Crippen MR) is 40.5 cm³/mol. The third kappa shape index (κ3) is 1.59. The fraction of sp³-hybridized carbons (Fsp3) is 0.625. The first-order valence-corrected chi connectivity index (χ1v) is 3.66. The molecule has 1 rings (SSSR count). The van der Waals surface area contributed by atoms with Crippen LogP contribution in [0.1, 0.15) is 13.8 Å². The number of rotatable bonds is 1. The van der Waals surface area contributed by atoms with Crippen LogP contribution in [0.2, 0.25) is 0 Å². The van der Waals surface area contributed by atoms with E-state index in [4.69, 9.17) is 0 Å². The Labute approximate surface area is 61.3 Å². The van der Waals surface area contributed by atoms with Crippen LogP contribution in [-0.4, -0.2) is 12.5 Å². The molecule has 1 aliphatic heterocycles. The summed E-state index contributed by atoms with van der Waals surface area (Å²) < 4.78 is 0. The summed E-state index contributed by atoms with van der Waals surface area (Å²) in [5.74, 6) is 1.19. The minimum atomic E-state index is 0.0388. The van der Waals surface area contributed by atoms with Gasteiger partial charge in [0.2, 0.25) is 5.91 Å². The zero-order chi connectivity index (χ0) is 7.56. The molecule has 1 aliphatic rings. The SMILES string of the molecule is CC(C)C1C=CC(=O)NC1. The van der Waals surface area contributed by atoms with Gasteiger partial charge >= 0.3 is 0 Å². The van der Waals surface area contributed by atoms with Crippen molar-refractivity contribution >= 4 is 5.91 Å². The second-order valence-corrected chi connectivity index (χ2v) is 3.01. The molecular weight excluding hydrogens is 126 g/mol. The second kappa shape index (κ2) is 2.86. The zero-order valence-corrected chi connectivity index (χ0v) is 6.42. The van der Waals surface area contributed by atoms with E-state index < -0.39 is 0 Å². The van der Waals surface area contributed by atoms with Crippen molar-refractivity contribution in [3.8, 4) is 0 Å². The van der Waals surface area contributed by atoms with Crippen LogP contribution < -0.4 is 5.32 Å². The summed E-state index contributed by atoms with van der Waals surface area (Å²) in [4.78, 5) is 10.6. The third-order valence-electron chi connectivity index (χ3n) is 1.86. The minimum absolute atomic E-state index is 0.0388. The quantitative estimate of drug-likeness (QED) is 0.575. The Kier molecular flexibility index (Phi) is 2.10. The monoisotopic (exact) mass is 139 g/mol. The Hall–Kier alpha value is -0.790. The molecular formula is C8H13NO. The first-order valence-electron chi connectivity index (χ1n) is 3.66. The molecule has 0 spiro atoms. The molecule has 0 saturated carbocycles. The first-order chi connectivity index (χ1) is 4.70. The van der Waals surface area contributed by atoms with Crippen molar-refractivity contribution in [1.29, 1.82) is 0 Å². The number of amides is 1. The molecule has 0 saturated heterocycles. The van der Waals surface area contributed by atoms with Gasteiger partial charge in [-0.25, -0.2) is 0 Å². The molecule has 2 heteroatoms. The highest BCUT2D eigenvalue weighted by atomic mass is 16.1. The number of carbonyl (C=O) groups excluding carboxylic acids is 1. The molecule has 1 unspecified atom stereocenters. The normalized spacial score (nSPS) is 25.1. The van der Waals surface area contributed by atoms with E-state index in [-0.39, 0.29) is 5.91 Å². The lowest BCUT2D eigenvalue weighted by Gasteiger charge is -2.20. The van der Waals surface area contributed by atoms with Gasteiger partial charge in [0, 0.05) is 6.54 Å². The van der Waals surface area contributed by atoms with Crippen LogP contribution in [0.5, 0.6) is 0 Å². The lowest BCUT2D eigenvalue weighted by Crippen LogP contribution is -2.33. The molecule has 0 aromatic heterocycles. The van der Waals surface area contributed by atoms with E-state index in [1.54, 1.807) is 6.08 Å². The predicted octanol–water partition coefficient (Wildman–Crippen LogP) is 0.945. The van der Waals surface area contributed by atoms with E-state index in [1.807, 2.05) is 6.08 Å². The molecule has 1 heterocycles. The maximum Gasteiger partial charge on any atom is 0.243 e. The number of hydrogen-bond acceptors (Lipinski definition) is 1. The highest BCUT2D eigenvalue weighted by Gasteiger charge is 2.14. The van der Waals surface area contributed by atoms with E-state index in [9.17, 15) is 4.79 Å². The van der Waals surface area contributed by atoms with Crippen molar-refractivity contribution < 1.29 is 4.79 Å². The van der Waals surface area contributed by atoms with Crippen LogP contribution in [0, 0.1) is 11.8 Å². The molecule has 0 aromatic rings. The maximum absolute atomic E-state index is 10.6. The first kappa shape index (κ1) is 7.32. The summed E-state index contributed by atoms with van der Waals surface area (Å²) in [7, 11) is 0. The molecule has 1 N–H and O–H groups in total. The summed E-state index contributed by atoms with van der Waals surface area (Å²) in [5.41, 5.74) is 0. The van der Waals surface area contributed by atoms with Gasteiger partial charge in [-0.05, 0) is 17.9 Å². The smallest absolute Gasteiger partial charge is 0.243 e. The average molecular weight is 139 g/mol. The Morgan fingerprint density at radius 2 is 2.40 bits per heavy atom. The summed E-state index contributed by atoms with van der Waals surface area (Å²) in [6, 6.07) is 0. The lowest BCUT2D eigenvalue weighted by molar-refractivity contribution is -0.117. The molecule has 0 bridgehead atoms.